The quantitative estimate of drug-likeness (QED) is 0.772. The molecule has 1 heterocycles. The van der Waals surface area contributed by atoms with E-state index in [1.807, 2.05) is 6.07 Å². The zero-order valence-electron chi connectivity index (χ0n) is 11.6. The van der Waals surface area contributed by atoms with Gasteiger partial charge in [-0.25, -0.2) is 0 Å². The molecule has 6 heteroatoms. The van der Waals surface area contributed by atoms with Crippen LogP contribution in [0.5, 0.6) is 0 Å². The molecule has 0 radical (unpaired) electrons. The normalized spacial score (nSPS) is 18.6. The van der Waals surface area contributed by atoms with Gasteiger partial charge in [-0.15, -0.1) is 11.8 Å². The fourth-order valence-electron chi connectivity index (χ4n) is 2.52. The van der Waals surface area contributed by atoms with Crippen LogP contribution in [-0.2, 0) is 4.79 Å². The summed E-state index contributed by atoms with van der Waals surface area (Å²) in [4.78, 5) is 24.6. The van der Waals surface area contributed by atoms with E-state index in [4.69, 9.17) is 5.11 Å². The summed E-state index contributed by atoms with van der Waals surface area (Å²) in [6, 6.07) is 5.37. The molecule has 1 saturated carbocycles. The summed E-state index contributed by atoms with van der Waals surface area (Å²) in [5, 5.41) is 14.7. The number of amides is 2. The molecule has 2 aliphatic rings. The maximum Gasteiger partial charge on any atom is 0.251 e. The largest absolute Gasteiger partial charge is 0.396 e. The van der Waals surface area contributed by atoms with Gasteiger partial charge < -0.3 is 15.7 Å². The van der Waals surface area contributed by atoms with Crippen LogP contribution < -0.4 is 10.6 Å². The van der Waals surface area contributed by atoms with Crippen molar-refractivity contribution < 1.29 is 14.7 Å². The Bertz CT molecular complexity index is 584. The highest BCUT2D eigenvalue weighted by atomic mass is 32.2. The molecule has 0 spiro atoms. The minimum Gasteiger partial charge on any atom is -0.396 e. The molecule has 112 valence electrons. The number of fused-ring (bicyclic) bond motifs is 1. The van der Waals surface area contributed by atoms with Crippen molar-refractivity contribution in [1.82, 2.24) is 5.32 Å². The number of carbonyl (C=O) groups excluding carboxylic acids is 2. The number of thioether (sulfide) groups is 1. The lowest BCUT2D eigenvalue weighted by atomic mass is 10.0. The second-order valence-corrected chi connectivity index (χ2v) is 6.72. The second kappa shape index (κ2) is 5.69. The minimum atomic E-state index is -0.133. The Hall–Kier alpha value is -1.53. The summed E-state index contributed by atoms with van der Waals surface area (Å²) in [6.45, 7) is 0.766. The van der Waals surface area contributed by atoms with Gasteiger partial charge in [0.05, 0.1) is 11.4 Å². The summed E-state index contributed by atoms with van der Waals surface area (Å²) in [5.41, 5.74) is 1.36. The zero-order valence-corrected chi connectivity index (χ0v) is 12.5. The van der Waals surface area contributed by atoms with E-state index in [9.17, 15) is 9.59 Å². The molecule has 1 fully saturated rings. The van der Waals surface area contributed by atoms with Gasteiger partial charge >= 0.3 is 0 Å². The Morgan fingerprint density at radius 2 is 2.24 bits per heavy atom. The lowest BCUT2D eigenvalue weighted by molar-refractivity contribution is -0.113. The summed E-state index contributed by atoms with van der Waals surface area (Å²) >= 11 is 1.48. The molecule has 0 bridgehead atoms. The Morgan fingerprint density at radius 1 is 1.43 bits per heavy atom. The first kappa shape index (κ1) is 14.4. The van der Waals surface area contributed by atoms with Gasteiger partial charge in [0.1, 0.15) is 0 Å². The minimum absolute atomic E-state index is 0.0371. The van der Waals surface area contributed by atoms with Gasteiger partial charge in [0, 0.05) is 23.6 Å². The molecule has 0 aromatic heterocycles. The number of aliphatic hydroxyl groups is 1. The van der Waals surface area contributed by atoms with Crippen LogP contribution >= 0.6 is 11.8 Å². The standard InChI is InChI=1S/C15H18N2O3S/c18-6-5-15(3-4-15)9-16-14(20)10-1-2-12-11(7-10)17-13(19)8-21-12/h1-2,7,18H,3-6,8-9H2,(H,16,20)(H,17,19). The SMILES string of the molecule is O=C1CSc2ccc(C(=O)NCC3(CCO)CC3)cc2N1. The van der Waals surface area contributed by atoms with Gasteiger partial charge in [0.25, 0.3) is 5.91 Å². The summed E-state index contributed by atoms with van der Waals surface area (Å²) in [6.07, 6.45) is 2.86. The smallest absolute Gasteiger partial charge is 0.251 e. The lowest BCUT2D eigenvalue weighted by Crippen LogP contribution is -2.31. The van der Waals surface area contributed by atoms with Gasteiger partial charge in [-0.2, -0.15) is 0 Å². The fourth-order valence-corrected chi connectivity index (χ4v) is 3.31. The van der Waals surface area contributed by atoms with E-state index in [1.54, 1.807) is 12.1 Å². The fraction of sp³-hybridized carbons (Fsp3) is 0.467. The van der Waals surface area contributed by atoms with Gasteiger partial charge in [-0.05, 0) is 42.9 Å². The Morgan fingerprint density at radius 3 is 2.95 bits per heavy atom. The van der Waals surface area contributed by atoms with Crippen LogP contribution in [0.15, 0.2) is 23.1 Å². The number of benzene rings is 1. The van der Waals surface area contributed by atoms with Crippen LogP contribution in [-0.4, -0.2) is 35.8 Å². The predicted octanol–water partition coefficient (Wildman–Crippen LogP) is 1.62. The number of hydrogen-bond donors (Lipinski definition) is 3. The summed E-state index contributed by atoms with van der Waals surface area (Å²) in [7, 11) is 0. The van der Waals surface area contributed by atoms with E-state index in [1.165, 1.54) is 11.8 Å². The topological polar surface area (TPSA) is 78.4 Å². The van der Waals surface area contributed by atoms with Crippen molar-refractivity contribution in [3.8, 4) is 0 Å². The van der Waals surface area contributed by atoms with Crippen LogP contribution in [0.1, 0.15) is 29.6 Å². The average molecular weight is 306 g/mol. The molecule has 2 amide bonds. The van der Waals surface area contributed by atoms with Gasteiger partial charge in [-0.1, -0.05) is 0 Å². The molecule has 21 heavy (non-hydrogen) atoms. The first-order valence-corrected chi connectivity index (χ1v) is 8.06. The molecule has 0 atom stereocenters. The van der Waals surface area contributed by atoms with Crippen molar-refractivity contribution in [1.29, 1.82) is 0 Å². The molecule has 1 aromatic carbocycles. The third-order valence-electron chi connectivity index (χ3n) is 4.10. The molecule has 1 aliphatic heterocycles. The number of hydrogen-bond acceptors (Lipinski definition) is 4. The van der Waals surface area contributed by atoms with E-state index in [-0.39, 0.29) is 23.8 Å². The number of rotatable bonds is 5. The third-order valence-corrected chi connectivity index (χ3v) is 5.17. The number of anilines is 1. The van der Waals surface area contributed by atoms with Crippen molar-refractivity contribution in [2.45, 2.75) is 24.2 Å². The highest BCUT2D eigenvalue weighted by molar-refractivity contribution is 8.00. The van der Waals surface area contributed by atoms with Crippen molar-refractivity contribution >= 4 is 29.3 Å². The monoisotopic (exact) mass is 306 g/mol. The first-order chi connectivity index (χ1) is 10.1. The lowest BCUT2D eigenvalue weighted by Gasteiger charge is -2.18. The van der Waals surface area contributed by atoms with E-state index < -0.39 is 0 Å². The summed E-state index contributed by atoms with van der Waals surface area (Å²) in [5.74, 6) is 0.249. The zero-order chi connectivity index (χ0) is 14.9. The molecular formula is C15H18N2O3S. The van der Waals surface area contributed by atoms with Crippen molar-refractivity contribution in [2.24, 2.45) is 5.41 Å². The van der Waals surface area contributed by atoms with E-state index in [2.05, 4.69) is 10.6 Å². The molecule has 3 rings (SSSR count). The molecule has 0 saturated heterocycles. The van der Waals surface area contributed by atoms with E-state index in [0.29, 0.717) is 23.5 Å². The Kier molecular flexibility index (Phi) is 3.91. The van der Waals surface area contributed by atoms with Crippen LogP contribution in [0.3, 0.4) is 0 Å². The molecule has 1 aliphatic carbocycles. The highest BCUT2D eigenvalue weighted by Gasteiger charge is 2.41. The van der Waals surface area contributed by atoms with Crippen LogP contribution in [0.2, 0.25) is 0 Å². The van der Waals surface area contributed by atoms with Crippen molar-refractivity contribution in [3.63, 3.8) is 0 Å². The maximum atomic E-state index is 12.2. The number of carbonyl (C=O) groups is 2. The Labute approximate surface area is 127 Å². The summed E-state index contributed by atoms with van der Waals surface area (Å²) < 4.78 is 0. The van der Waals surface area contributed by atoms with Crippen LogP contribution in [0, 0.1) is 5.41 Å². The van der Waals surface area contributed by atoms with Gasteiger partial charge in [0.15, 0.2) is 0 Å². The van der Waals surface area contributed by atoms with Crippen LogP contribution in [0.4, 0.5) is 5.69 Å². The van der Waals surface area contributed by atoms with Crippen molar-refractivity contribution in [3.05, 3.63) is 23.8 Å². The molecule has 3 N–H and O–H groups in total. The number of nitrogens with one attached hydrogen (secondary N) is 2. The molecular weight excluding hydrogens is 288 g/mol. The van der Waals surface area contributed by atoms with E-state index >= 15 is 0 Å². The Balaban J connectivity index is 1.65. The predicted molar refractivity (Wildman–Crippen MR) is 81.5 cm³/mol. The number of aliphatic hydroxyl groups excluding tert-OH is 1. The van der Waals surface area contributed by atoms with Gasteiger partial charge in [-0.3, -0.25) is 9.59 Å². The average Bonchev–Trinajstić information content (AvgIpc) is 3.24. The highest BCUT2D eigenvalue weighted by Crippen LogP contribution is 2.47. The molecule has 1 aromatic rings. The maximum absolute atomic E-state index is 12.2. The van der Waals surface area contributed by atoms with E-state index in [0.717, 1.165) is 24.2 Å². The molecule has 0 unspecified atom stereocenters. The molecule has 5 nitrogen and oxygen atoms in total. The van der Waals surface area contributed by atoms with Gasteiger partial charge in [0.2, 0.25) is 5.91 Å². The second-order valence-electron chi connectivity index (χ2n) is 5.70. The third kappa shape index (κ3) is 3.22. The first-order valence-electron chi connectivity index (χ1n) is 7.08. The van der Waals surface area contributed by atoms with Crippen molar-refractivity contribution in [2.75, 3.05) is 24.2 Å². The van der Waals surface area contributed by atoms with Crippen LogP contribution in [0.25, 0.3) is 0 Å².